The predicted molar refractivity (Wildman–Crippen MR) is 70.1 cm³/mol. The van der Waals surface area contributed by atoms with Crippen LogP contribution in [0.1, 0.15) is 12.5 Å². The van der Waals surface area contributed by atoms with Crippen molar-refractivity contribution in [1.29, 1.82) is 0 Å². The van der Waals surface area contributed by atoms with Crippen molar-refractivity contribution in [3.8, 4) is 11.5 Å². The molecule has 0 radical (unpaired) electrons. The highest BCUT2D eigenvalue weighted by molar-refractivity contribution is 5.82. The minimum atomic E-state index is -0.218. The molecule has 0 atom stereocenters. The minimum absolute atomic E-state index is 0.218. The van der Waals surface area contributed by atoms with E-state index in [9.17, 15) is 4.79 Å². The van der Waals surface area contributed by atoms with Crippen molar-refractivity contribution in [3.63, 3.8) is 0 Å². The average molecular weight is 248 g/mol. The van der Waals surface area contributed by atoms with E-state index >= 15 is 0 Å². The molecule has 18 heavy (non-hydrogen) atoms. The van der Waals surface area contributed by atoms with Crippen LogP contribution in [0.4, 0.5) is 0 Å². The van der Waals surface area contributed by atoms with Crippen LogP contribution in [0.3, 0.4) is 0 Å². The van der Waals surface area contributed by atoms with Crippen LogP contribution in [-0.4, -0.2) is 25.8 Å². The molecular weight excluding hydrogens is 232 g/mol. The molecule has 5 heteroatoms. The lowest BCUT2D eigenvalue weighted by Crippen LogP contribution is -2.12. The first-order valence-electron chi connectivity index (χ1n) is 5.38. The van der Waals surface area contributed by atoms with Crippen molar-refractivity contribution in [2.45, 2.75) is 6.92 Å². The van der Waals surface area contributed by atoms with Crippen LogP contribution >= 0.6 is 0 Å². The van der Waals surface area contributed by atoms with Gasteiger partial charge >= 0.3 is 0 Å². The number of amides is 1. The normalized spacial score (nSPS) is 10.1. The van der Waals surface area contributed by atoms with E-state index < -0.39 is 0 Å². The summed E-state index contributed by atoms with van der Waals surface area (Å²) >= 11 is 0. The Morgan fingerprint density at radius 1 is 1.50 bits per heavy atom. The molecule has 1 aromatic carbocycles. The number of benzene rings is 1. The number of rotatable bonds is 6. The second kappa shape index (κ2) is 7.11. The zero-order chi connectivity index (χ0) is 13.4. The summed E-state index contributed by atoms with van der Waals surface area (Å²) in [5.74, 6) is 1.02. The van der Waals surface area contributed by atoms with Gasteiger partial charge in [0.1, 0.15) is 6.61 Å². The maximum atomic E-state index is 10.7. The lowest BCUT2D eigenvalue weighted by atomic mass is 10.2. The Morgan fingerprint density at radius 3 is 2.89 bits per heavy atom. The first-order chi connectivity index (χ1) is 8.67. The number of hydrogen-bond acceptors (Lipinski definition) is 4. The number of nitrogens with zero attached hydrogens (tertiary/aromatic N) is 1. The molecule has 0 fully saturated rings. The molecule has 0 aromatic heterocycles. The number of carbonyl (C=O) groups is 1. The van der Waals surface area contributed by atoms with Crippen molar-refractivity contribution in [2.75, 3.05) is 13.7 Å². The highest BCUT2D eigenvalue weighted by Crippen LogP contribution is 2.27. The molecule has 96 valence electrons. The molecule has 0 spiro atoms. The number of hydrazone groups is 1. The van der Waals surface area contributed by atoms with Crippen molar-refractivity contribution >= 4 is 12.1 Å². The highest BCUT2D eigenvalue weighted by Gasteiger charge is 2.04. The van der Waals surface area contributed by atoms with Crippen LogP contribution in [0.5, 0.6) is 11.5 Å². The first-order valence-corrected chi connectivity index (χ1v) is 5.38. The lowest BCUT2D eigenvalue weighted by Gasteiger charge is -2.09. The monoisotopic (exact) mass is 248 g/mol. The van der Waals surface area contributed by atoms with E-state index in [1.165, 1.54) is 13.1 Å². The summed E-state index contributed by atoms with van der Waals surface area (Å²) in [6.45, 7) is 5.38. The molecule has 0 saturated heterocycles. The minimum Gasteiger partial charge on any atom is -0.493 e. The van der Waals surface area contributed by atoms with Crippen LogP contribution in [0, 0.1) is 0 Å². The Kier molecular flexibility index (Phi) is 5.44. The van der Waals surface area contributed by atoms with E-state index in [2.05, 4.69) is 17.1 Å². The zero-order valence-electron chi connectivity index (χ0n) is 10.5. The van der Waals surface area contributed by atoms with Gasteiger partial charge in [0.25, 0.3) is 0 Å². The van der Waals surface area contributed by atoms with Crippen LogP contribution in [-0.2, 0) is 4.79 Å². The molecule has 0 aliphatic carbocycles. The molecule has 1 N–H and O–H groups in total. The fourth-order valence-corrected chi connectivity index (χ4v) is 1.23. The summed E-state index contributed by atoms with van der Waals surface area (Å²) in [6, 6.07) is 5.35. The Hall–Kier alpha value is -2.30. The van der Waals surface area contributed by atoms with E-state index in [1.807, 2.05) is 6.07 Å². The van der Waals surface area contributed by atoms with Gasteiger partial charge in [0.2, 0.25) is 5.91 Å². The molecule has 0 bridgehead atoms. The highest BCUT2D eigenvalue weighted by atomic mass is 16.5. The largest absolute Gasteiger partial charge is 0.493 e. The molecule has 5 nitrogen and oxygen atoms in total. The number of hydrogen-bond donors (Lipinski definition) is 1. The summed E-state index contributed by atoms with van der Waals surface area (Å²) in [5, 5.41) is 3.77. The second-order valence-electron chi connectivity index (χ2n) is 3.44. The Labute approximate surface area is 106 Å². The summed E-state index contributed by atoms with van der Waals surface area (Å²) in [4.78, 5) is 10.7. The smallest absolute Gasteiger partial charge is 0.236 e. The van der Waals surface area contributed by atoms with Gasteiger partial charge in [0.15, 0.2) is 11.5 Å². The molecule has 1 aromatic rings. The molecular formula is C13H16N2O3. The standard InChI is InChI=1S/C13H16N2O3/c1-4-7-18-12-6-5-11(8-13(12)17-3)9-14-15-10(2)16/h4-6,8-9H,1,7H2,2-3H3,(H,15,16)/b14-9-. The lowest BCUT2D eigenvalue weighted by molar-refractivity contribution is -0.118. The SMILES string of the molecule is C=CCOc1ccc(/C=N\NC(C)=O)cc1OC. The zero-order valence-corrected chi connectivity index (χ0v) is 10.5. The third-order valence-electron chi connectivity index (χ3n) is 1.98. The molecule has 0 unspecified atom stereocenters. The maximum Gasteiger partial charge on any atom is 0.236 e. The van der Waals surface area contributed by atoms with Crippen molar-refractivity contribution in [1.82, 2.24) is 5.43 Å². The van der Waals surface area contributed by atoms with Gasteiger partial charge in [-0.2, -0.15) is 5.10 Å². The van der Waals surface area contributed by atoms with Gasteiger partial charge in [-0.25, -0.2) is 5.43 Å². The predicted octanol–water partition coefficient (Wildman–Crippen LogP) is 1.73. The molecule has 1 amide bonds. The average Bonchev–Trinajstić information content (AvgIpc) is 2.36. The van der Waals surface area contributed by atoms with Gasteiger partial charge in [-0.1, -0.05) is 12.7 Å². The number of ether oxygens (including phenoxy) is 2. The van der Waals surface area contributed by atoms with Crippen LogP contribution < -0.4 is 14.9 Å². The van der Waals surface area contributed by atoms with Crippen molar-refractivity contribution in [3.05, 3.63) is 36.4 Å². The maximum absolute atomic E-state index is 10.7. The van der Waals surface area contributed by atoms with Gasteiger partial charge < -0.3 is 9.47 Å². The third-order valence-corrected chi connectivity index (χ3v) is 1.98. The fourth-order valence-electron chi connectivity index (χ4n) is 1.23. The molecule has 1 rings (SSSR count). The van der Waals surface area contributed by atoms with E-state index in [0.717, 1.165) is 5.56 Å². The summed E-state index contributed by atoms with van der Waals surface area (Å²) in [6.07, 6.45) is 3.19. The summed E-state index contributed by atoms with van der Waals surface area (Å²) < 4.78 is 10.6. The van der Waals surface area contributed by atoms with Gasteiger partial charge in [-0.05, 0) is 23.8 Å². The van der Waals surface area contributed by atoms with E-state index in [4.69, 9.17) is 9.47 Å². The van der Waals surface area contributed by atoms with Crippen molar-refractivity contribution < 1.29 is 14.3 Å². The van der Waals surface area contributed by atoms with Gasteiger partial charge in [0, 0.05) is 6.92 Å². The quantitative estimate of drug-likeness (QED) is 0.474. The van der Waals surface area contributed by atoms with Crippen LogP contribution in [0.2, 0.25) is 0 Å². The molecule has 0 aliphatic heterocycles. The van der Waals surface area contributed by atoms with Gasteiger partial charge in [-0.15, -0.1) is 0 Å². The van der Waals surface area contributed by atoms with Crippen molar-refractivity contribution in [2.24, 2.45) is 5.10 Å². The Morgan fingerprint density at radius 2 is 2.28 bits per heavy atom. The topological polar surface area (TPSA) is 59.9 Å². The third kappa shape index (κ3) is 4.29. The number of carbonyl (C=O) groups excluding carboxylic acids is 1. The molecule has 0 heterocycles. The van der Waals surface area contributed by atoms with Crippen LogP contribution in [0.15, 0.2) is 36.0 Å². The second-order valence-corrected chi connectivity index (χ2v) is 3.44. The molecule has 0 aliphatic rings. The number of nitrogens with one attached hydrogen (secondary N) is 1. The summed E-state index contributed by atoms with van der Waals surface area (Å²) in [5.41, 5.74) is 3.12. The Balaban J connectivity index is 2.80. The Bertz CT molecular complexity index is 456. The van der Waals surface area contributed by atoms with E-state index in [1.54, 1.807) is 25.3 Å². The van der Waals surface area contributed by atoms with E-state index in [-0.39, 0.29) is 5.91 Å². The van der Waals surface area contributed by atoms with Crippen LogP contribution in [0.25, 0.3) is 0 Å². The fraction of sp³-hybridized carbons (Fsp3) is 0.231. The number of methoxy groups -OCH3 is 1. The van der Waals surface area contributed by atoms with Gasteiger partial charge in [0.05, 0.1) is 13.3 Å². The van der Waals surface area contributed by atoms with E-state index in [0.29, 0.717) is 18.1 Å². The van der Waals surface area contributed by atoms with Gasteiger partial charge in [-0.3, -0.25) is 4.79 Å². The first kappa shape index (κ1) is 13.8. The molecule has 0 saturated carbocycles. The summed E-state index contributed by atoms with van der Waals surface area (Å²) in [7, 11) is 1.56.